The average molecular weight is 323 g/mol. The second-order valence-corrected chi connectivity index (χ2v) is 6.77. The van der Waals surface area contributed by atoms with Gasteiger partial charge in [-0.15, -0.1) is 0 Å². The van der Waals surface area contributed by atoms with E-state index in [1.807, 2.05) is 18.5 Å². The van der Waals surface area contributed by atoms with E-state index in [-0.39, 0.29) is 5.41 Å². The van der Waals surface area contributed by atoms with E-state index in [9.17, 15) is 0 Å². The summed E-state index contributed by atoms with van der Waals surface area (Å²) in [7, 11) is 0. The van der Waals surface area contributed by atoms with Gasteiger partial charge in [-0.05, 0) is 30.5 Å². The highest BCUT2D eigenvalue weighted by Gasteiger charge is 2.42. The summed E-state index contributed by atoms with van der Waals surface area (Å²) in [4.78, 5) is 4.64. The molecule has 5 heteroatoms. The molecule has 1 spiro atoms. The van der Waals surface area contributed by atoms with E-state index in [1.165, 1.54) is 5.56 Å². The van der Waals surface area contributed by atoms with E-state index in [2.05, 4.69) is 44.8 Å². The van der Waals surface area contributed by atoms with Crippen LogP contribution in [0.3, 0.4) is 0 Å². The van der Waals surface area contributed by atoms with Crippen LogP contribution in [-0.2, 0) is 5.41 Å². The lowest BCUT2D eigenvalue weighted by molar-refractivity contribution is 0.509. The second kappa shape index (κ2) is 4.59. The van der Waals surface area contributed by atoms with Crippen LogP contribution < -0.4 is 5.32 Å². The molecular formula is C18H15ClN4. The molecule has 23 heavy (non-hydrogen) atoms. The average Bonchev–Trinajstić information content (AvgIpc) is 3.29. The van der Waals surface area contributed by atoms with Crippen LogP contribution in [0, 0.1) is 0 Å². The Balaban J connectivity index is 1.70. The molecule has 0 bridgehead atoms. The number of benzene rings is 1. The van der Waals surface area contributed by atoms with Crippen molar-refractivity contribution < 1.29 is 0 Å². The van der Waals surface area contributed by atoms with Gasteiger partial charge in [-0.1, -0.05) is 29.8 Å². The van der Waals surface area contributed by atoms with Crippen molar-refractivity contribution in [2.75, 3.05) is 11.9 Å². The fourth-order valence-corrected chi connectivity index (χ4v) is 4.26. The monoisotopic (exact) mass is 322 g/mol. The molecule has 1 aromatic carbocycles. The molecule has 0 saturated carbocycles. The molecule has 4 nitrogen and oxygen atoms in total. The van der Waals surface area contributed by atoms with Gasteiger partial charge in [-0.2, -0.15) is 5.10 Å². The fraction of sp³-hybridized carbons (Fsp3) is 0.222. The van der Waals surface area contributed by atoms with Crippen molar-refractivity contribution in [2.24, 2.45) is 0 Å². The number of aromatic nitrogens is 3. The van der Waals surface area contributed by atoms with E-state index in [0.29, 0.717) is 0 Å². The van der Waals surface area contributed by atoms with Crippen LogP contribution in [0.15, 0.2) is 42.7 Å². The highest BCUT2D eigenvalue weighted by atomic mass is 35.5. The van der Waals surface area contributed by atoms with Crippen LogP contribution >= 0.6 is 11.6 Å². The summed E-state index contributed by atoms with van der Waals surface area (Å²) in [6, 6.07) is 6.21. The molecule has 1 aliphatic heterocycles. The van der Waals surface area contributed by atoms with Crippen LogP contribution in [0.4, 0.5) is 5.82 Å². The Morgan fingerprint density at radius 1 is 1.13 bits per heavy atom. The maximum Gasteiger partial charge on any atom is 0.131 e. The Kier molecular flexibility index (Phi) is 2.62. The van der Waals surface area contributed by atoms with Crippen LogP contribution in [0.25, 0.3) is 22.0 Å². The molecule has 2 aliphatic rings. The van der Waals surface area contributed by atoms with Gasteiger partial charge in [-0.25, -0.2) is 4.98 Å². The van der Waals surface area contributed by atoms with Crippen LogP contribution in [0.1, 0.15) is 18.4 Å². The molecule has 3 heterocycles. The lowest BCUT2D eigenvalue weighted by Crippen LogP contribution is -2.25. The number of H-pyrrole nitrogens is 1. The van der Waals surface area contributed by atoms with Crippen molar-refractivity contribution in [1.29, 1.82) is 0 Å². The molecule has 0 fully saturated rings. The number of halogens is 1. The van der Waals surface area contributed by atoms with Gasteiger partial charge in [0.2, 0.25) is 0 Å². The quantitative estimate of drug-likeness (QED) is 0.657. The largest absolute Gasteiger partial charge is 0.369 e. The zero-order valence-electron chi connectivity index (χ0n) is 12.4. The number of aromatic amines is 1. The lowest BCUT2D eigenvalue weighted by atomic mass is 9.80. The molecule has 5 rings (SSSR count). The first-order chi connectivity index (χ1) is 11.3. The highest BCUT2D eigenvalue weighted by Crippen LogP contribution is 2.49. The van der Waals surface area contributed by atoms with E-state index in [4.69, 9.17) is 11.6 Å². The number of anilines is 1. The molecule has 114 valence electrons. The maximum absolute atomic E-state index is 6.85. The van der Waals surface area contributed by atoms with Gasteiger partial charge in [0.1, 0.15) is 5.82 Å². The number of fused-ring (bicyclic) bond motifs is 3. The Morgan fingerprint density at radius 3 is 2.87 bits per heavy atom. The Hall–Kier alpha value is -2.33. The number of hydrogen-bond donors (Lipinski definition) is 2. The summed E-state index contributed by atoms with van der Waals surface area (Å²) in [6.45, 7) is 0.909. The van der Waals surface area contributed by atoms with Gasteiger partial charge >= 0.3 is 0 Å². The van der Waals surface area contributed by atoms with Crippen molar-refractivity contribution in [3.8, 4) is 11.1 Å². The first kappa shape index (κ1) is 13.1. The standard InChI is InChI=1S/C18H15ClN4/c19-16-13(11-3-4-14-12(7-11)8-22-23-14)9-20-17-15(16)18(10-21-17)5-1-2-6-18/h1-4,7-9H,5-6,10H2,(H,20,21)(H,22,23). The number of pyridine rings is 1. The first-order valence-corrected chi connectivity index (χ1v) is 8.16. The highest BCUT2D eigenvalue weighted by molar-refractivity contribution is 6.34. The summed E-state index contributed by atoms with van der Waals surface area (Å²) >= 11 is 6.85. The second-order valence-electron chi connectivity index (χ2n) is 6.40. The third-order valence-corrected chi connectivity index (χ3v) is 5.47. The minimum absolute atomic E-state index is 0.0785. The summed E-state index contributed by atoms with van der Waals surface area (Å²) < 4.78 is 0. The predicted octanol–water partition coefficient (Wildman–Crippen LogP) is 4.29. The van der Waals surface area contributed by atoms with Crippen LogP contribution in [0.5, 0.6) is 0 Å². The third kappa shape index (κ3) is 1.78. The molecule has 3 aromatic rings. The van der Waals surface area contributed by atoms with Crippen molar-refractivity contribution in [1.82, 2.24) is 15.2 Å². The summed E-state index contributed by atoms with van der Waals surface area (Å²) in [5.41, 5.74) is 4.34. The first-order valence-electron chi connectivity index (χ1n) is 7.78. The SMILES string of the molecule is Clc1c(-c2ccc3[nH]ncc3c2)cnc2c1C1(CC=CC1)CN2. The van der Waals surface area contributed by atoms with Crippen molar-refractivity contribution in [3.05, 3.63) is 53.3 Å². The Bertz CT molecular complexity index is 949. The molecule has 2 N–H and O–H groups in total. The number of nitrogens with zero attached hydrogens (tertiary/aromatic N) is 2. The lowest BCUT2D eigenvalue weighted by Gasteiger charge is -2.24. The van der Waals surface area contributed by atoms with Crippen molar-refractivity contribution in [3.63, 3.8) is 0 Å². The number of hydrogen-bond acceptors (Lipinski definition) is 3. The summed E-state index contributed by atoms with van der Waals surface area (Å²) in [5, 5.41) is 12.4. The van der Waals surface area contributed by atoms with E-state index < -0.39 is 0 Å². The minimum atomic E-state index is 0.0785. The van der Waals surface area contributed by atoms with Crippen LogP contribution in [0.2, 0.25) is 5.02 Å². The van der Waals surface area contributed by atoms with Gasteiger partial charge in [0, 0.05) is 34.7 Å². The van der Waals surface area contributed by atoms with Gasteiger partial charge < -0.3 is 5.32 Å². The van der Waals surface area contributed by atoms with Crippen molar-refractivity contribution in [2.45, 2.75) is 18.3 Å². The van der Waals surface area contributed by atoms with E-state index >= 15 is 0 Å². The smallest absolute Gasteiger partial charge is 0.131 e. The molecule has 2 aromatic heterocycles. The fourth-order valence-electron chi connectivity index (χ4n) is 3.81. The molecule has 1 aliphatic carbocycles. The van der Waals surface area contributed by atoms with Crippen molar-refractivity contribution >= 4 is 28.3 Å². The zero-order valence-corrected chi connectivity index (χ0v) is 13.2. The van der Waals surface area contributed by atoms with Crippen LogP contribution in [-0.4, -0.2) is 21.7 Å². The van der Waals surface area contributed by atoms with Gasteiger partial charge in [-0.3, -0.25) is 5.10 Å². The number of rotatable bonds is 1. The number of nitrogens with one attached hydrogen (secondary N) is 2. The number of allylic oxidation sites excluding steroid dienone is 2. The predicted molar refractivity (Wildman–Crippen MR) is 92.9 cm³/mol. The van der Waals surface area contributed by atoms with Gasteiger partial charge in [0.05, 0.1) is 16.7 Å². The molecule has 0 saturated heterocycles. The topological polar surface area (TPSA) is 53.6 Å². The van der Waals surface area contributed by atoms with Gasteiger partial charge in [0.15, 0.2) is 0 Å². The minimum Gasteiger partial charge on any atom is -0.369 e. The van der Waals surface area contributed by atoms with Gasteiger partial charge in [0.25, 0.3) is 0 Å². The summed E-state index contributed by atoms with van der Waals surface area (Å²) in [6.07, 6.45) is 10.3. The Morgan fingerprint density at radius 2 is 2.00 bits per heavy atom. The molecule has 0 atom stereocenters. The maximum atomic E-state index is 6.85. The molecule has 0 radical (unpaired) electrons. The van der Waals surface area contributed by atoms with E-state index in [0.717, 1.165) is 52.3 Å². The molecular weight excluding hydrogens is 308 g/mol. The van der Waals surface area contributed by atoms with E-state index in [1.54, 1.807) is 0 Å². The molecule has 0 unspecified atom stereocenters. The third-order valence-electron chi connectivity index (χ3n) is 5.08. The Labute approximate surface area is 138 Å². The molecule has 0 amide bonds. The zero-order chi connectivity index (χ0) is 15.4. The normalized spacial score (nSPS) is 17.8. The summed E-state index contributed by atoms with van der Waals surface area (Å²) in [5.74, 6) is 0.937.